The third kappa shape index (κ3) is 1.52. The summed E-state index contributed by atoms with van der Waals surface area (Å²) in [5.74, 6) is -0.283. The number of benzene rings is 1. The molecule has 0 saturated carbocycles. The van der Waals surface area contributed by atoms with Crippen LogP contribution in [0, 0.1) is 5.82 Å². The van der Waals surface area contributed by atoms with Crippen LogP contribution in [0.15, 0.2) is 42.7 Å². The van der Waals surface area contributed by atoms with Gasteiger partial charge in [0.05, 0.1) is 0 Å². The van der Waals surface area contributed by atoms with E-state index in [1.165, 1.54) is 12.1 Å². The van der Waals surface area contributed by atoms with E-state index in [1.807, 2.05) is 0 Å². The number of anilines is 1. The van der Waals surface area contributed by atoms with Crippen LogP contribution in [-0.2, 0) is 0 Å². The van der Waals surface area contributed by atoms with E-state index in [4.69, 9.17) is 5.73 Å². The number of nitrogens with two attached hydrogens (primary N) is 1. The smallest absolute Gasteiger partial charge is 0.178 e. The topological polar surface area (TPSA) is 56.2 Å². The summed E-state index contributed by atoms with van der Waals surface area (Å²) in [6.07, 6.45) is 3.42. The Labute approximate surface area is 96.5 Å². The van der Waals surface area contributed by atoms with Crippen molar-refractivity contribution >= 4 is 11.3 Å². The van der Waals surface area contributed by atoms with E-state index in [9.17, 15) is 4.39 Å². The first-order valence-corrected chi connectivity index (χ1v) is 5.10. The van der Waals surface area contributed by atoms with Gasteiger partial charge in [-0.2, -0.15) is 5.10 Å². The molecule has 0 spiro atoms. The van der Waals surface area contributed by atoms with Gasteiger partial charge in [0.1, 0.15) is 17.2 Å². The maximum Gasteiger partial charge on any atom is 0.178 e. The summed E-state index contributed by atoms with van der Waals surface area (Å²) in [6, 6.07) is 7.83. The van der Waals surface area contributed by atoms with E-state index in [-0.39, 0.29) is 5.82 Å². The van der Waals surface area contributed by atoms with Crippen LogP contribution < -0.4 is 5.73 Å². The third-order valence-electron chi connectivity index (χ3n) is 2.55. The molecule has 17 heavy (non-hydrogen) atoms. The van der Waals surface area contributed by atoms with Crippen molar-refractivity contribution < 1.29 is 4.39 Å². The molecule has 0 aliphatic rings. The number of halogens is 1. The second-order valence-corrected chi connectivity index (χ2v) is 3.66. The Balaban J connectivity index is 2.24. The fraction of sp³-hybridized carbons (Fsp3) is 0. The molecule has 0 fully saturated rings. The Morgan fingerprint density at radius 3 is 2.65 bits per heavy atom. The number of fused-ring (bicyclic) bond motifs is 1. The van der Waals surface area contributed by atoms with Crippen LogP contribution in [0.2, 0.25) is 0 Å². The summed E-state index contributed by atoms with van der Waals surface area (Å²) in [5, 5.41) is 4.32. The first kappa shape index (κ1) is 9.77. The quantitative estimate of drug-likeness (QED) is 0.694. The highest BCUT2D eigenvalue weighted by Crippen LogP contribution is 2.26. The molecule has 2 aromatic heterocycles. The van der Waals surface area contributed by atoms with Crippen LogP contribution in [0.25, 0.3) is 16.9 Å². The molecular weight excluding hydrogens is 219 g/mol. The van der Waals surface area contributed by atoms with Crippen LogP contribution in [0.3, 0.4) is 0 Å². The molecule has 0 aliphatic carbocycles. The normalized spacial score (nSPS) is 10.9. The molecule has 4 nitrogen and oxygen atoms in total. The Kier molecular flexibility index (Phi) is 2.04. The zero-order valence-corrected chi connectivity index (χ0v) is 8.84. The summed E-state index contributed by atoms with van der Waals surface area (Å²) < 4.78 is 14.4. The van der Waals surface area contributed by atoms with Gasteiger partial charge in [0.15, 0.2) is 5.65 Å². The lowest BCUT2D eigenvalue weighted by Gasteiger charge is -1.97. The minimum Gasteiger partial charge on any atom is -0.394 e. The molecule has 0 aliphatic heterocycles. The Hall–Kier alpha value is -2.43. The zero-order chi connectivity index (χ0) is 11.8. The maximum atomic E-state index is 12.8. The Bertz CT molecular complexity index is 673. The Morgan fingerprint density at radius 2 is 1.94 bits per heavy atom. The molecule has 0 amide bonds. The minimum atomic E-state index is -0.283. The van der Waals surface area contributed by atoms with Crippen molar-refractivity contribution in [2.75, 3.05) is 5.73 Å². The number of hydrogen-bond donors (Lipinski definition) is 1. The van der Waals surface area contributed by atoms with E-state index in [0.717, 1.165) is 5.56 Å². The molecule has 84 valence electrons. The third-order valence-corrected chi connectivity index (χ3v) is 2.55. The molecule has 2 N–H and O–H groups in total. The molecule has 3 aromatic rings. The first-order valence-electron chi connectivity index (χ1n) is 5.10. The van der Waals surface area contributed by atoms with Gasteiger partial charge in [0.2, 0.25) is 0 Å². The molecule has 3 rings (SSSR count). The molecule has 0 radical (unpaired) electrons. The van der Waals surface area contributed by atoms with Crippen molar-refractivity contribution in [3.8, 4) is 11.3 Å². The first-order chi connectivity index (χ1) is 8.25. The van der Waals surface area contributed by atoms with Crippen LogP contribution in [0.1, 0.15) is 0 Å². The molecule has 0 bridgehead atoms. The lowest BCUT2D eigenvalue weighted by molar-refractivity contribution is 0.628. The predicted molar refractivity (Wildman–Crippen MR) is 62.8 cm³/mol. The lowest BCUT2D eigenvalue weighted by atomic mass is 10.1. The average Bonchev–Trinajstić information content (AvgIpc) is 2.69. The van der Waals surface area contributed by atoms with Gasteiger partial charge >= 0.3 is 0 Å². The van der Waals surface area contributed by atoms with E-state index in [1.54, 1.807) is 35.1 Å². The molecule has 2 heterocycles. The molecule has 5 heteroatoms. The monoisotopic (exact) mass is 228 g/mol. The maximum absolute atomic E-state index is 12.8. The summed E-state index contributed by atoms with van der Waals surface area (Å²) in [6.45, 7) is 0. The number of aromatic nitrogens is 3. The number of rotatable bonds is 1. The van der Waals surface area contributed by atoms with Crippen molar-refractivity contribution in [2.24, 2.45) is 0 Å². The molecule has 0 saturated heterocycles. The highest BCUT2D eigenvalue weighted by Gasteiger charge is 2.11. The van der Waals surface area contributed by atoms with Gasteiger partial charge < -0.3 is 5.73 Å². The van der Waals surface area contributed by atoms with E-state index >= 15 is 0 Å². The zero-order valence-electron chi connectivity index (χ0n) is 8.84. The fourth-order valence-corrected chi connectivity index (χ4v) is 1.73. The number of nitrogen functional groups attached to an aromatic ring is 1. The van der Waals surface area contributed by atoms with Crippen LogP contribution in [-0.4, -0.2) is 14.6 Å². The Morgan fingerprint density at radius 1 is 1.18 bits per heavy atom. The summed E-state index contributed by atoms with van der Waals surface area (Å²) >= 11 is 0. The average molecular weight is 228 g/mol. The SMILES string of the molecule is Nc1c(-c2ccc(F)cc2)nn2cccnc12. The highest BCUT2D eigenvalue weighted by atomic mass is 19.1. The molecule has 0 unspecified atom stereocenters. The van der Waals surface area contributed by atoms with E-state index in [0.29, 0.717) is 17.0 Å². The molecule has 1 aromatic carbocycles. The molecule has 0 atom stereocenters. The van der Waals surface area contributed by atoms with Crippen LogP contribution in [0.4, 0.5) is 10.1 Å². The van der Waals surface area contributed by atoms with E-state index < -0.39 is 0 Å². The summed E-state index contributed by atoms with van der Waals surface area (Å²) in [4.78, 5) is 4.15. The van der Waals surface area contributed by atoms with Gasteiger partial charge in [-0.1, -0.05) is 0 Å². The van der Waals surface area contributed by atoms with Crippen molar-refractivity contribution in [1.82, 2.24) is 14.6 Å². The standard InChI is InChI=1S/C12H9FN4/c13-9-4-2-8(3-5-9)11-10(14)12-15-6-1-7-17(12)16-11/h1-7H,14H2. The van der Waals surface area contributed by atoms with Crippen molar-refractivity contribution in [2.45, 2.75) is 0 Å². The van der Waals surface area contributed by atoms with E-state index in [2.05, 4.69) is 10.1 Å². The number of nitrogens with zero attached hydrogens (tertiary/aromatic N) is 3. The second kappa shape index (κ2) is 3.55. The van der Waals surface area contributed by atoms with Crippen molar-refractivity contribution in [3.05, 3.63) is 48.5 Å². The fourth-order valence-electron chi connectivity index (χ4n) is 1.73. The van der Waals surface area contributed by atoms with Crippen LogP contribution in [0.5, 0.6) is 0 Å². The van der Waals surface area contributed by atoms with Crippen LogP contribution >= 0.6 is 0 Å². The van der Waals surface area contributed by atoms with Crippen molar-refractivity contribution in [3.63, 3.8) is 0 Å². The van der Waals surface area contributed by atoms with Gasteiger partial charge in [-0.25, -0.2) is 13.9 Å². The van der Waals surface area contributed by atoms with Gasteiger partial charge in [-0.3, -0.25) is 0 Å². The highest BCUT2D eigenvalue weighted by molar-refractivity contribution is 5.82. The number of hydrogen-bond acceptors (Lipinski definition) is 3. The largest absolute Gasteiger partial charge is 0.394 e. The summed E-state index contributed by atoms with van der Waals surface area (Å²) in [5.41, 5.74) is 8.46. The predicted octanol–water partition coefficient (Wildman–Crippen LogP) is 2.12. The van der Waals surface area contributed by atoms with Gasteiger partial charge in [-0.15, -0.1) is 0 Å². The van der Waals surface area contributed by atoms with Gasteiger partial charge in [0.25, 0.3) is 0 Å². The second-order valence-electron chi connectivity index (χ2n) is 3.66. The van der Waals surface area contributed by atoms with Crippen molar-refractivity contribution in [1.29, 1.82) is 0 Å². The summed E-state index contributed by atoms with van der Waals surface area (Å²) in [7, 11) is 0. The van der Waals surface area contributed by atoms with Gasteiger partial charge in [-0.05, 0) is 30.3 Å². The lowest BCUT2D eigenvalue weighted by Crippen LogP contribution is -1.89. The molecular formula is C12H9FN4. The van der Waals surface area contributed by atoms with Gasteiger partial charge in [0, 0.05) is 18.0 Å². The minimum absolute atomic E-state index is 0.283.